The first-order valence-electron chi connectivity index (χ1n) is 5.56. The van der Waals surface area contributed by atoms with Crippen LogP contribution in [0, 0.1) is 0 Å². The summed E-state index contributed by atoms with van der Waals surface area (Å²) in [5, 5.41) is 2.39. The Morgan fingerprint density at radius 3 is 2.67 bits per heavy atom. The Kier molecular flexibility index (Phi) is 2.49. The zero-order chi connectivity index (χ0) is 12.7. The van der Waals surface area contributed by atoms with Crippen molar-refractivity contribution < 1.29 is 13.6 Å². The molecule has 0 spiro atoms. The van der Waals surface area contributed by atoms with Gasteiger partial charge < -0.3 is 0 Å². The molecule has 0 N–H and O–H groups in total. The predicted molar refractivity (Wildman–Crippen MR) is 71.3 cm³/mol. The van der Waals surface area contributed by atoms with Gasteiger partial charge in [-0.1, -0.05) is 12.1 Å². The van der Waals surface area contributed by atoms with Crippen LogP contribution >= 0.6 is 7.65 Å². The van der Waals surface area contributed by atoms with Crippen molar-refractivity contribution in [2.45, 2.75) is 6.92 Å². The van der Waals surface area contributed by atoms with Gasteiger partial charge in [0, 0.05) is 16.3 Å². The summed E-state index contributed by atoms with van der Waals surface area (Å²) in [5.41, 5.74) is 1.20. The molecule has 3 aromatic rings. The molecule has 1 atom stereocenters. The minimum atomic E-state index is -1.85. The zero-order valence-corrected chi connectivity index (χ0v) is 10.6. The number of hydrogen-bond donors (Lipinski definition) is 0. The molecule has 0 saturated heterocycles. The number of fused-ring (bicyclic) bond motifs is 3. The van der Waals surface area contributed by atoms with Gasteiger partial charge in [0.1, 0.15) is 0 Å². The van der Waals surface area contributed by atoms with Gasteiger partial charge in [0.05, 0.1) is 0 Å². The lowest BCUT2D eigenvalue weighted by Gasteiger charge is -1.99. The summed E-state index contributed by atoms with van der Waals surface area (Å²) in [6.07, 6.45) is 0. The molecular formula is C14H10O3P+. The Morgan fingerprint density at radius 2 is 1.89 bits per heavy atom. The van der Waals surface area contributed by atoms with Crippen LogP contribution in [0.4, 0.5) is 0 Å². The molecule has 0 aliphatic carbocycles. The van der Waals surface area contributed by atoms with Crippen molar-refractivity contribution in [2.75, 3.05) is 0 Å². The second kappa shape index (κ2) is 4.04. The van der Waals surface area contributed by atoms with E-state index in [1.165, 1.54) is 6.92 Å². The SMILES string of the molecule is CC(=O)c1ccc2o[p+](=O)c3ccccc3c2c1. The van der Waals surface area contributed by atoms with Crippen LogP contribution in [0.5, 0.6) is 0 Å². The molecule has 3 rings (SSSR count). The molecule has 0 aliphatic heterocycles. The lowest BCUT2D eigenvalue weighted by atomic mass is 10.1. The first kappa shape index (κ1) is 11.1. The quantitative estimate of drug-likeness (QED) is 0.475. The van der Waals surface area contributed by atoms with Gasteiger partial charge in [-0.25, -0.2) is 4.20 Å². The van der Waals surface area contributed by atoms with Gasteiger partial charge in [0.25, 0.3) is 0 Å². The second-order valence-electron chi connectivity index (χ2n) is 4.13. The van der Waals surface area contributed by atoms with Crippen LogP contribution in [0.1, 0.15) is 17.3 Å². The van der Waals surface area contributed by atoms with E-state index in [4.69, 9.17) is 4.20 Å². The van der Waals surface area contributed by atoms with Crippen molar-refractivity contribution >= 4 is 34.9 Å². The Labute approximate surface area is 104 Å². The average molecular weight is 257 g/mol. The van der Waals surface area contributed by atoms with Crippen LogP contribution in [-0.4, -0.2) is 5.78 Å². The number of hydrogen-bond acceptors (Lipinski definition) is 3. The molecule has 0 saturated carbocycles. The van der Waals surface area contributed by atoms with Gasteiger partial charge in [-0.05, 0) is 41.8 Å². The highest BCUT2D eigenvalue weighted by atomic mass is 31.1. The molecule has 18 heavy (non-hydrogen) atoms. The number of rotatable bonds is 1. The molecule has 88 valence electrons. The predicted octanol–water partition coefficient (Wildman–Crippen LogP) is 4.53. The molecule has 0 fully saturated rings. The highest BCUT2D eigenvalue weighted by Gasteiger charge is 2.16. The molecule has 4 heteroatoms. The first-order valence-corrected chi connectivity index (χ1v) is 6.74. The zero-order valence-electron chi connectivity index (χ0n) is 9.71. The van der Waals surface area contributed by atoms with E-state index in [-0.39, 0.29) is 5.78 Å². The van der Waals surface area contributed by atoms with E-state index in [1.807, 2.05) is 18.2 Å². The maximum Gasteiger partial charge on any atom is 0.597 e. The Bertz CT molecular complexity index is 833. The molecule has 3 nitrogen and oxygen atoms in total. The van der Waals surface area contributed by atoms with Gasteiger partial charge in [-0.15, -0.1) is 0 Å². The monoisotopic (exact) mass is 257 g/mol. The minimum Gasteiger partial charge on any atom is -0.295 e. The van der Waals surface area contributed by atoms with Gasteiger partial charge in [0.15, 0.2) is 11.4 Å². The fourth-order valence-electron chi connectivity index (χ4n) is 2.04. The smallest absolute Gasteiger partial charge is 0.295 e. The van der Waals surface area contributed by atoms with Crippen molar-refractivity contribution in [3.05, 3.63) is 48.0 Å². The van der Waals surface area contributed by atoms with E-state index in [2.05, 4.69) is 0 Å². The summed E-state index contributed by atoms with van der Waals surface area (Å²) in [7, 11) is -1.85. The standard InChI is InChI=1S/C14H10O3P/c1-9(15)10-6-7-13-12(8-10)11-4-2-3-5-14(11)18(16)17-13/h2-8H,1H3/q+1. The number of carbonyl (C=O) groups excluding carboxylic acids is 1. The average Bonchev–Trinajstić information content (AvgIpc) is 2.38. The van der Waals surface area contributed by atoms with Crippen molar-refractivity contribution in [2.24, 2.45) is 0 Å². The van der Waals surface area contributed by atoms with Crippen LogP contribution < -0.4 is 0 Å². The molecule has 0 bridgehead atoms. The lowest BCUT2D eigenvalue weighted by Crippen LogP contribution is -1.90. The molecule has 1 aromatic heterocycles. The van der Waals surface area contributed by atoms with Gasteiger partial charge >= 0.3 is 7.65 Å². The van der Waals surface area contributed by atoms with E-state index >= 15 is 0 Å². The van der Waals surface area contributed by atoms with Crippen LogP contribution in [0.15, 0.2) is 46.7 Å². The summed E-state index contributed by atoms with van der Waals surface area (Å²) in [4.78, 5) is 11.4. The number of benzene rings is 2. The maximum absolute atomic E-state index is 11.9. The molecule has 0 amide bonds. The summed E-state index contributed by atoms with van der Waals surface area (Å²) in [6, 6.07) is 12.6. The van der Waals surface area contributed by atoms with E-state index < -0.39 is 7.65 Å². The maximum atomic E-state index is 11.9. The fourth-order valence-corrected chi connectivity index (χ4v) is 3.07. The van der Waals surface area contributed by atoms with Crippen LogP contribution in [-0.2, 0) is 4.57 Å². The van der Waals surface area contributed by atoms with Crippen molar-refractivity contribution in [3.63, 3.8) is 0 Å². The molecule has 0 radical (unpaired) electrons. The normalized spacial score (nSPS) is 11.9. The number of carbonyl (C=O) groups is 1. The van der Waals surface area contributed by atoms with Gasteiger partial charge in [-0.2, -0.15) is 0 Å². The second-order valence-corrected chi connectivity index (χ2v) is 5.31. The van der Waals surface area contributed by atoms with Crippen molar-refractivity contribution in [1.29, 1.82) is 0 Å². The number of ketones is 1. The fraction of sp³-hybridized carbons (Fsp3) is 0.0714. The first-order chi connectivity index (χ1) is 8.66. The minimum absolute atomic E-state index is 0.00485. The van der Waals surface area contributed by atoms with Crippen LogP contribution in [0.2, 0.25) is 0 Å². The summed E-state index contributed by atoms with van der Waals surface area (Å²) < 4.78 is 17.3. The Morgan fingerprint density at radius 1 is 1.11 bits per heavy atom. The van der Waals surface area contributed by atoms with E-state index in [0.29, 0.717) is 16.3 Å². The van der Waals surface area contributed by atoms with E-state index in [0.717, 1.165) is 10.8 Å². The van der Waals surface area contributed by atoms with Crippen molar-refractivity contribution in [3.8, 4) is 0 Å². The summed E-state index contributed by atoms with van der Waals surface area (Å²) in [5.74, 6) is 0.00485. The topological polar surface area (TPSA) is 47.3 Å². The molecule has 2 aromatic carbocycles. The van der Waals surface area contributed by atoms with Gasteiger partial charge in [-0.3, -0.25) is 4.79 Å². The van der Waals surface area contributed by atoms with Crippen LogP contribution in [0.3, 0.4) is 0 Å². The third kappa shape index (κ3) is 1.64. The highest BCUT2D eigenvalue weighted by Crippen LogP contribution is 2.35. The Hall–Kier alpha value is -1.99. The number of Topliss-reactive ketones (excluding diaryl/α,β-unsaturated/α-hetero) is 1. The van der Waals surface area contributed by atoms with Crippen LogP contribution in [0.25, 0.3) is 21.5 Å². The lowest BCUT2D eigenvalue weighted by molar-refractivity contribution is 0.101. The van der Waals surface area contributed by atoms with E-state index in [1.54, 1.807) is 24.3 Å². The molecule has 0 aliphatic rings. The van der Waals surface area contributed by atoms with E-state index in [9.17, 15) is 9.36 Å². The largest absolute Gasteiger partial charge is 0.597 e. The Balaban J connectivity index is 2.54. The highest BCUT2D eigenvalue weighted by molar-refractivity contribution is 7.37. The third-order valence-corrected chi connectivity index (χ3v) is 4.10. The summed E-state index contributed by atoms with van der Waals surface area (Å²) in [6.45, 7) is 1.53. The third-order valence-electron chi connectivity index (χ3n) is 2.96. The summed E-state index contributed by atoms with van der Waals surface area (Å²) >= 11 is 0. The molecular weight excluding hydrogens is 247 g/mol. The van der Waals surface area contributed by atoms with Crippen molar-refractivity contribution in [1.82, 2.24) is 0 Å². The van der Waals surface area contributed by atoms with Gasteiger partial charge in [0.2, 0.25) is 5.12 Å². The molecule has 1 heterocycles. The molecule has 1 unspecified atom stereocenters.